The van der Waals surface area contributed by atoms with Gasteiger partial charge in [0.05, 0.1) is 12.0 Å². The first-order chi connectivity index (χ1) is 9.54. The van der Waals surface area contributed by atoms with E-state index < -0.39 is 5.60 Å². The Morgan fingerprint density at radius 2 is 2.10 bits per heavy atom. The number of benzene rings is 1. The molecule has 1 aromatic carbocycles. The van der Waals surface area contributed by atoms with Crippen molar-refractivity contribution in [2.24, 2.45) is 0 Å². The van der Waals surface area contributed by atoms with Crippen LogP contribution in [0.3, 0.4) is 0 Å². The summed E-state index contributed by atoms with van der Waals surface area (Å²) in [7, 11) is 0. The molecule has 0 saturated heterocycles. The van der Waals surface area contributed by atoms with E-state index in [4.69, 9.17) is 0 Å². The smallest absolute Gasteiger partial charge is 0.227 e. The summed E-state index contributed by atoms with van der Waals surface area (Å²) in [6.07, 6.45) is 3.68. The van der Waals surface area contributed by atoms with Crippen LogP contribution in [0, 0.1) is 6.92 Å². The molecule has 1 aliphatic rings. The van der Waals surface area contributed by atoms with E-state index in [1.54, 1.807) is 0 Å². The van der Waals surface area contributed by atoms with Gasteiger partial charge in [0, 0.05) is 22.3 Å². The van der Waals surface area contributed by atoms with Gasteiger partial charge in [-0.1, -0.05) is 12.8 Å². The fourth-order valence-electron chi connectivity index (χ4n) is 3.07. The maximum Gasteiger partial charge on any atom is 0.227 e. The number of H-pyrrole nitrogens is 1. The van der Waals surface area contributed by atoms with E-state index in [0.29, 0.717) is 0 Å². The second kappa shape index (κ2) is 4.94. The molecule has 106 valence electrons. The molecular formula is C16H20N2O2. The summed E-state index contributed by atoms with van der Waals surface area (Å²) < 4.78 is 0. The van der Waals surface area contributed by atoms with Crippen molar-refractivity contribution < 1.29 is 9.90 Å². The molecule has 0 aliphatic heterocycles. The van der Waals surface area contributed by atoms with E-state index >= 15 is 0 Å². The van der Waals surface area contributed by atoms with Gasteiger partial charge in [-0.3, -0.25) is 4.79 Å². The van der Waals surface area contributed by atoms with Gasteiger partial charge >= 0.3 is 0 Å². The number of rotatable bonds is 3. The van der Waals surface area contributed by atoms with Crippen LogP contribution in [-0.2, 0) is 4.79 Å². The van der Waals surface area contributed by atoms with Gasteiger partial charge in [-0.25, -0.2) is 0 Å². The summed E-state index contributed by atoms with van der Waals surface area (Å²) in [6, 6.07) is 7.85. The van der Waals surface area contributed by atoms with Crippen LogP contribution in [-0.4, -0.2) is 21.6 Å². The molecular weight excluding hydrogens is 252 g/mol. The highest BCUT2D eigenvalue weighted by Crippen LogP contribution is 2.32. The van der Waals surface area contributed by atoms with Crippen molar-refractivity contribution in [3.8, 4) is 0 Å². The van der Waals surface area contributed by atoms with E-state index in [1.165, 1.54) is 0 Å². The van der Waals surface area contributed by atoms with Gasteiger partial charge in [-0.05, 0) is 44.0 Å². The summed E-state index contributed by atoms with van der Waals surface area (Å²) in [5.74, 6) is -0.110. The molecule has 20 heavy (non-hydrogen) atoms. The standard InChI is InChI=1S/C16H20N2O2/c1-11-8-12-9-13(4-5-14(12)17-11)18-15(19)10-16(20)6-2-3-7-16/h4-5,8-9,17,20H,2-3,6-7,10H2,1H3,(H,18,19). The Morgan fingerprint density at radius 1 is 1.35 bits per heavy atom. The molecule has 0 radical (unpaired) electrons. The fraction of sp³-hybridized carbons (Fsp3) is 0.438. The van der Waals surface area contributed by atoms with Crippen molar-refractivity contribution in [2.45, 2.75) is 44.6 Å². The lowest BCUT2D eigenvalue weighted by Crippen LogP contribution is -2.30. The van der Waals surface area contributed by atoms with Crippen molar-refractivity contribution in [3.05, 3.63) is 30.0 Å². The molecule has 0 spiro atoms. The summed E-state index contributed by atoms with van der Waals surface area (Å²) in [4.78, 5) is 15.3. The molecule has 4 nitrogen and oxygen atoms in total. The lowest BCUT2D eigenvalue weighted by atomic mass is 9.97. The molecule has 3 N–H and O–H groups in total. The molecule has 2 aromatic rings. The highest BCUT2D eigenvalue weighted by Gasteiger charge is 2.33. The number of hydrogen-bond donors (Lipinski definition) is 3. The van der Waals surface area contributed by atoms with E-state index in [-0.39, 0.29) is 12.3 Å². The molecule has 4 heteroatoms. The highest BCUT2D eigenvalue weighted by atomic mass is 16.3. The maximum absolute atomic E-state index is 12.0. The van der Waals surface area contributed by atoms with E-state index in [9.17, 15) is 9.90 Å². The summed E-state index contributed by atoms with van der Waals surface area (Å²) in [5.41, 5.74) is 2.15. The third kappa shape index (κ3) is 2.70. The van der Waals surface area contributed by atoms with Crippen molar-refractivity contribution in [3.63, 3.8) is 0 Å². The minimum absolute atomic E-state index is 0.110. The van der Waals surface area contributed by atoms with Gasteiger partial charge in [0.1, 0.15) is 0 Å². The van der Waals surface area contributed by atoms with E-state index in [2.05, 4.69) is 16.4 Å². The molecule has 1 fully saturated rings. The SMILES string of the molecule is Cc1cc2cc(NC(=O)CC3(O)CCCC3)ccc2[nH]1. The second-order valence-corrected chi connectivity index (χ2v) is 5.91. The van der Waals surface area contributed by atoms with Crippen molar-refractivity contribution in [2.75, 3.05) is 5.32 Å². The molecule has 0 unspecified atom stereocenters. The van der Waals surface area contributed by atoms with Crippen LogP contribution in [0.5, 0.6) is 0 Å². The van der Waals surface area contributed by atoms with Gasteiger partial charge < -0.3 is 15.4 Å². The lowest BCUT2D eigenvalue weighted by molar-refractivity contribution is -0.120. The molecule has 3 rings (SSSR count). The van der Waals surface area contributed by atoms with Crippen LogP contribution in [0.2, 0.25) is 0 Å². The Morgan fingerprint density at radius 3 is 2.85 bits per heavy atom. The van der Waals surface area contributed by atoms with Crippen molar-refractivity contribution in [1.29, 1.82) is 0 Å². The predicted molar refractivity (Wildman–Crippen MR) is 79.7 cm³/mol. The Hall–Kier alpha value is -1.81. The summed E-state index contributed by atoms with van der Waals surface area (Å²) in [5, 5.41) is 14.2. The van der Waals surface area contributed by atoms with Crippen LogP contribution in [0.1, 0.15) is 37.8 Å². The van der Waals surface area contributed by atoms with Gasteiger partial charge in [-0.15, -0.1) is 0 Å². The van der Waals surface area contributed by atoms with Crippen molar-refractivity contribution >= 4 is 22.5 Å². The number of aryl methyl sites for hydroxylation is 1. The Balaban J connectivity index is 1.70. The molecule has 0 bridgehead atoms. The maximum atomic E-state index is 12.0. The third-order valence-electron chi connectivity index (χ3n) is 4.06. The van der Waals surface area contributed by atoms with Crippen LogP contribution < -0.4 is 5.32 Å². The molecule has 1 aliphatic carbocycles. The number of hydrogen-bond acceptors (Lipinski definition) is 2. The first-order valence-corrected chi connectivity index (χ1v) is 7.16. The van der Waals surface area contributed by atoms with Gasteiger partial charge in [0.25, 0.3) is 0 Å². The zero-order chi connectivity index (χ0) is 14.2. The summed E-state index contributed by atoms with van der Waals surface area (Å²) in [6.45, 7) is 2.01. The minimum atomic E-state index is -0.793. The highest BCUT2D eigenvalue weighted by molar-refractivity contribution is 5.94. The molecule has 1 heterocycles. The number of anilines is 1. The number of nitrogens with one attached hydrogen (secondary N) is 2. The average Bonchev–Trinajstić information content (AvgIpc) is 2.93. The zero-order valence-corrected chi connectivity index (χ0v) is 11.7. The van der Waals surface area contributed by atoms with Gasteiger partial charge in [0.15, 0.2) is 0 Å². The lowest BCUT2D eigenvalue weighted by Gasteiger charge is -2.21. The minimum Gasteiger partial charge on any atom is -0.389 e. The number of amides is 1. The number of carbonyl (C=O) groups excluding carboxylic acids is 1. The number of aromatic amines is 1. The summed E-state index contributed by atoms with van der Waals surface area (Å²) >= 11 is 0. The largest absolute Gasteiger partial charge is 0.389 e. The second-order valence-electron chi connectivity index (χ2n) is 5.91. The first kappa shape index (κ1) is 13.2. The van der Waals surface area contributed by atoms with Crippen LogP contribution in [0.15, 0.2) is 24.3 Å². The Kier molecular flexibility index (Phi) is 3.26. The number of carbonyl (C=O) groups is 1. The topological polar surface area (TPSA) is 65.1 Å². The van der Waals surface area contributed by atoms with Crippen LogP contribution >= 0.6 is 0 Å². The van der Waals surface area contributed by atoms with Gasteiger partial charge in [-0.2, -0.15) is 0 Å². The van der Waals surface area contributed by atoms with Crippen LogP contribution in [0.4, 0.5) is 5.69 Å². The normalized spacial score (nSPS) is 17.5. The Bertz CT molecular complexity index is 639. The van der Waals surface area contributed by atoms with E-state index in [0.717, 1.165) is 48.0 Å². The van der Waals surface area contributed by atoms with Gasteiger partial charge in [0.2, 0.25) is 5.91 Å². The number of aromatic nitrogens is 1. The Labute approximate surface area is 118 Å². The fourth-order valence-corrected chi connectivity index (χ4v) is 3.07. The first-order valence-electron chi connectivity index (χ1n) is 7.16. The van der Waals surface area contributed by atoms with E-state index in [1.807, 2.05) is 25.1 Å². The number of aliphatic hydroxyl groups is 1. The average molecular weight is 272 g/mol. The van der Waals surface area contributed by atoms with Crippen molar-refractivity contribution in [1.82, 2.24) is 4.98 Å². The predicted octanol–water partition coefficient (Wildman–Crippen LogP) is 3.11. The molecule has 1 amide bonds. The molecule has 1 aromatic heterocycles. The zero-order valence-electron chi connectivity index (χ0n) is 11.7. The monoisotopic (exact) mass is 272 g/mol. The third-order valence-corrected chi connectivity index (χ3v) is 4.06. The number of fused-ring (bicyclic) bond motifs is 1. The molecule has 0 atom stereocenters. The van der Waals surface area contributed by atoms with Crippen LogP contribution in [0.25, 0.3) is 10.9 Å². The molecule has 1 saturated carbocycles. The quantitative estimate of drug-likeness (QED) is 0.803.